The van der Waals surface area contributed by atoms with Crippen LogP contribution in [0.5, 0.6) is 0 Å². The minimum Gasteiger partial charge on any atom is -0.288 e. The monoisotopic (exact) mass is 360 g/mol. The Balaban J connectivity index is 2.10. The van der Waals surface area contributed by atoms with Crippen LogP contribution in [0.15, 0.2) is 30.3 Å². The van der Waals surface area contributed by atoms with Crippen LogP contribution in [0.4, 0.5) is 0 Å². The summed E-state index contributed by atoms with van der Waals surface area (Å²) < 4.78 is 19.1. The second kappa shape index (κ2) is 5.97. The molecule has 2 aliphatic rings. The van der Waals surface area contributed by atoms with Gasteiger partial charge in [-0.15, -0.1) is 0 Å². The number of thiocarbonyl (C=S) groups is 2. The molecule has 20 heavy (non-hydrogen) atoms. The molecular formula is C12H13N2OPS4. The van der Waals surface area contributed by atoms with Gasteiger partial charge >= 0.3 is 0 Å². The van der Waals surface area contributed by atoms with Crippen molar-refractivity contribution >= 4 is 69.3 Å². The lowest BCUT2D eigenvalue weighted by Crippen LogP contribution is -2.37. The smallest absolute Gasteiger partial charge is 0.288 e. The van der Waals surface area contributed by atoms with E-state index < -0.39 is 7.44 Å². The van der Waals surface area contributed by atoms with Crippen molar-refractivity contribution in [2.75, 3.05) is 24.6 Å². The van der Waals surface area contributed by atoms with Gasteiger partial charge in [0.15, 0.2) is 0 Å². The summed E-state index contributed by atoms with van der Waals surface area (Å²) in [5, 5.41) is 0.815. The first kappa shape index (κ1) is 14.9. The number of hydrogen-bond donors (Lipinski definition) is 0. The number of thioether (sulfide) groups is 2. The summed E-state index contributed by atoms with van der Waals surface area (Å²) >= 11 is 14.0. The number of benzene rings is 1. The van der Waals surface area contributed by atoms with Gasteiger partial charge in [0.2, 0.25) is 0 Å². The van der Waals surface area contributed by atoms with Crippen LogP contribution in [0.2, 0.25) is 0 Å². The molecule has 2 heterocycles. The Morgan fingerprint density at radius 2 is 1.45 bits per heavy atom. The number of rotatable bonds is 3. The Hall–Kier alpha value is -0.0700. The SMILES string of the molecule is O=P(c1ccccc1)(N1CCSC1=S)N1CCSC1=S. The van der Waals surface area contributed by atoms with E-state index in [0.717, 1.165) is 38.5 Å². The van der Waals surface area contributed by atoms with Crippen LogP contribution in [0.3, 0.4) is 0 Å². The first-order valence-corrected chi connectivity index (χ1v) is 10.6. The summed E-state index contributed by atoms with van der Waals surface area (Å²) in [7, 11) is -2.94. The third-order valence-corrected chi connectivity index (χ3v) is 9.70. The van der Waals surface area contributed by atoms with E-state index in [1.807, 2.05) is 39.7 Å². The highest BCUT2D eigenvalue weighted by molar-refractivity contribution is 8.24. The van der Waals surface area contributed by atoms with Gasteiger partial charge in [0, 0.05) is 24.6 Å². The largest absolute Gasteiger partial charge is 0.294 e. The minimum atomic E-state index is -2.94. The zero-order valence-corrected chi connectivity index (χ0v) is 14.8. The first-order chi connectivity index (χ1) is 9.64. The molecule has 0 aromatic heterocycles. The molecule has 0 atom stereocenters. The fourth-order valence-electron chi connectivity index (χ4n) is 2.29. The van der Waals surface area contributed by atoms with Crippen LogP contribution in [-0.2, 0) is 4.57 Å². The van der Waals surface area contributed by atoms with E-state index in [9.17, 15) is 4.57 Å². The molecule has 0 radical (unpaired) electrons. The van der Waals surface area contributed by atoms with Crippen LogP contribution in [0.25, 0.3) is 0 Å². The molecule has 2 saturated heterocycles. The zero-order valence-electron chi connectivity index (χ0n) is 10.6. The van der Waals surface area contributed by atoms with E-state index in [-0.39, 0.29) is 0 Å². The maximum absolute atomic E-state index is 13.9. The van der Waals surface area contributed by atoms with Gasteiger partial charge in [-0.05, 0) is 12.1 Å². The first-order valence-electron chi connectivity index (χ1n) is 6.19. The number of nitrogens with zero attached hydrogens (tertiary/aromatic N) is 2. The molecule has 0 bridgehead atoms. The zero-order chi connectivity index (χ0) is 14.2. The highest BCUT2D eigenvalue weighted by Crippen LogP contribution is 2.57. The van der Waals surface area contributed by atoms with Crippen molar-refractivity contribution in [2.45, 2.75) is 0 Å². The molecule has 0 N–H and O–H groups in total. The van der Waals surface area contributed by atoms with E-state index in [2.05, 4.69) is 0 Å². The Kier molecular flexibility index (Phi) is 4.43. The molecule has 1 aromatic rings. The lowest BCUT2D eigenvalue weighted by Gasteiger charge is -2.36. The second-order valence-electron chi connectivity index (χ2n) is 4.35. The van der Waals surface area contributed by atoms with Crippen molar-refractivity contribution in [1.29, 1.82) is 0 Å². The van der Waals surface area contributed by atoms with Gasteiger partial charge < -0.3 is 0 Å². The van der Waals surface area contributed by atoms with Gasteiger partial charge in [0.25, 0.3) is 7.44 Å². The predicted octanol–water partition coefficient (Wildman–Crippen LogP) is 3.17. The van der Waals surface area contributed by atoms with Crippen LogP contribution in [-0.4, -0.2) is 42.6 Å². The Morgan fingerprint density at radius 1 is 0.950 bits per heavy atom. The van der Waals surface area contributed by atoms with Crippen LogP contribution < -0.4 is 5.30 Å². The van der Waals surface area contributed by atoms with Gasteiger partial charge in [-0.2, -0.15) is 0 Å². The molecule has 0 aliphatic carbocycles. The van der Waals surface area contributed by atoms with Crippen molar-refractivity contribution in [3.05, 3.63) is 30.3 Å². The van der Waals surface area contributed by atoms with Crippen LogP contribution in [0.1, 0.15) is 0 Å². The van der Waals surface area contributed by atoms with Gasteiger partial charge in [-0.1, -0.05) is 66.2 Å². The van der Waals surface area contributed by atoms with Crippen LogP contribution in [0, 0.1) is 0 Å². The molecule has 1 aromatic carbocycles. The maximum atomic E-state index is 13.9. The van der Waals surface area contributed by atoms with Crippen molar-refractivity contribution in [3.8, 4) is 0 Å². The Morgan fingerprint density at radius 3 is 1.85 bits per heavy atom. The average Bonchev–Trinajstić information content (AvgIpc) is 3.08. The molecule has 3 rings (SSSR count). The summed E-state index contributed by atoms with van der Waals surface area (Å²) in [6.07, 6.45) is 0. The van der Waals surface area contributed by atoms with Gasteiger partial charge in [0.05, 0.1) is 5.30 Å². The molecule has 106 valence electrons. The topological polar surface area (TPSA) is 23.6 Å². The fourth-order valence-corrected chi connectivity index (χ4v) is 8.86. The molecule has 3 nitrogen and oxygen atoms in total. The fraction of sp³-hybridized carbons (Fsp3) is 0.333. The third kappa shape index (κ3) is 2.44. The summed E-state index contributed by atoms with van der Waals surface area (Å²) in [4.78, 5) is 0. The summed E-state index contributed by atoms with van der Waals surface area (Å²) in [5.74, 6) is 1.78. The van der Waals surface area contributed by atoms with E-state index in [1.165, 1.54) is 0 Å². The highest BCUT2D eigenvalue weighted by atomic mass is 32.2. The van der Waals surface area contributed by atoms with Crippen molar-refractivity contribution < 1.29 is 4.57 Å². The van der Waals surface area contributed by atoms with Crippen molar-refractivity contribution in [2.24, 2.45) is 0 Å². The van der Waals surface area contributed by atoms with E-state index in [4.69, 9.17) is 24.4 Å². The molecule has 0 saturated carbocycles. The molecule has 8 heteroatoms. The molecular weight excluding hydrogens is 347 g/mol. The quantitative estimate of drug-likeness (QED) is 0.603. The van der Waals surface area contributed by atoms with Crippen molar-refractivity contribution in [3.63, 3.8) is 0 Å². The van der Waals surface area contributed by atoms with Crippen molar-refractivity contribution in [1.82, 2.24) is 9.34 Å². The maximum Gasteiger partial charge on any atom is 0.294 e. The van der Waals surface area contributed by atoms with E-state index in [1.54, 1.807) is 23.5 Å². The standard InChI is InChI=1S/C12H13N2OPS4/c15-16(10-4-2-1-3-5-10,13-6-8-19-11(13)17)14-7-9-20-12(14)18/h1-5H,6-9H2. The van der Waals surface area contributed by atoms with Gasteiger partial charge in [0.1, 0.15) is 8.64 Å². The Labute approximate surface area is 137 Å². The van der Waals surface area contributed by atoms with Gasteiger partial charge in [-0.25, -0.2) is 0 Å². The lowest BCUT2D eigenvalue weighted by atomic mass is 10.4. The summed E-state index contributed by atoms with van der Waals surface area (Å²) in [6, 6.07) is 9.60. The number of hydrogen-bond acceptors (Lipinski definition) is 5. The second-order valence-corrected chi connectivity index (χ2v) is 10.4. The molecule has 2 aliphatic heterocycles. The molecule has 0 unspecified atom stereocenters. The normalized spacial score (nSPS) is 20.0. The lowest BCUT2D eigenvalue weighted by molar-refractivity contribution is 0.494. The Bertz CT molecular complexity index is 564. The van der Waals surface area contributed by atoms with Crippen LogP contribution >= 0.6 is 55.4 Å². The summed E-state index contributed by atoms with van der Waals surface area (Å²) in [6.45, 7) is 1.44. The minimum absolute atomic E-state index is 0.719. The highest BCUT2D eigenvalue weighted by Gasteiger charge is 2.45. The predicted molar refractivity (Wildman–Crippen MR) is 97.2 cm³/mol. The molecule has 0 amide bonds. The van der Waals surface area contributed by atoms with Gasteiger partial charge in [-0.3, -0.25) is 13.9 Å². The average molecular weight is 360 g/mol. The molecule has 2 fully saturated rings. The van der Waals surface area contributed by atoms with E-state index >= 15 is 0 Å². The summed E-state index contributed by atoms with van der Waals surface area (Å²) in [5.41, 5.74) is 0. The third-order valence-electron chi connectivity index (χ3n) is 3.23. The van der Waals surface area contributed by atoms with E-state index in [0.29, 0.717) is 0 Å². The molecule has 0 spiro atoms.